The maximum Gasteiger partial charge on any atom is 0.246 e. The molecule has 1 atom stereocenters. The van der Waals surface area contributed by atoms with Crippen molar-refractivity contribution in [2.24, 2.45) is 5.41 Å². The van der Waals surface area contributed by atoms with Crippen LogP contribution in [0.4, 0.5) is 4.39 Å². The lowest BCUT2D eigenvalue weighted by Crippen LogP contribution is -2.53. The quantitative estimate of drug-likeness (QED) is 0.348. The number of carbonyl (C=O) groups excluding carboxylic acids is 1. The van der Waals surface area contributed by atoms with E-state index in [0.29, 0.717) is 23.7 Å². The van der Waals surface area contributed by atoms with E-state index >= 15 is 0 Å². The highest BCUT2D eigenvalue weighted by molar-refractivity contribution is 7.89. The van der Waals surface area contributed by atoms with Gasteiger partial charge in [-0.2, -0.15) is 14.5 Å². The third-order valence-electron chi connectivity index (χ3n) is 7.08. The first-order chi connectivity index (χ1) is 17.8. The maximum absolute atomic E-state index is 14.0. The summed E-state index contributed by atoms with van der Waals surface area (Å²) in [6.45, 7) is 2.67. The van der Waals surface area contributed by atoms with E-state index in [2.05, 4.69) is 15.2 Å². The third kappa shape index (κ3) is 3.87. The van der Waals surface area contributed by atoms with Gasteiger partial charge in [0.25, 0.3) is 0 Å². The highest BCUT2D eigenvalue weighted by atomic mass is 32.2. The van der Waals surface area contributed by atoms with Crippen molar-refractivity contribution in [1.82, 2.24) is 28.9 Å². The Bertz CT molecular complexity index is 1620. The number of rotatable bonds is 6. The first-order valence-corrected chi connectivity index (χ1v) is 14.1. The van der Waals surface area contributed by atoms with E-state index in [9.17, 15) is 17.6 Å². The molecule has 3 aromatic heterocycles. The number of thiazole rings is 1. The van der Waals surface area contributed by atoms with E-state index in [0.717, 1.165) is 16.8 Å². The largest absolute Gasteiger partial charge is 0.290 e. The minimum atomic E-state index is -3.86. The Hall–Kier alpha value is -3.48. The van der Waals surface area contributed by atoms with Gasteiger partial charge in [-0.3, -0.25) is 9.48 Å². The number of carbonyl (C=O) groups is 1. The van der Waals surface area contributed by atoms with Gasteiger partial charge in [-0.05, 0) is 55.7 Å². The third-order valence-corrected chi connectivity index (χ3v) is 9.65. The second kappa shape index (κ2) is 8.82. The summed E-state index contributed by atoms with van der Waals surface area (Å²) in [5.74, 6) is -0.535. The highest BCUT2D eigenvalue weighted by Crippen LogP contribution is 2.47. The summed E-state index contributed by atoms with van der Waals surface area (Å²) in [7, 11) is -3.86. The second-order valence-corrected chi connectivity index (χ2v) is 12.0. The summed E-state index contributed by atoms with van der Waals surface area (Å²) >= 11 is 1.25. The average molecular weight is 539 g/mol. The van der Waals surface area contributed by atoms with Crippen molar-refractivity contribution in [2.75, 3.05) is 13.1 Å². The van der Waals surface area contributed by atoms with E-state index in [4.69, 9.17) is 0 Å². The Kier molecular flexibility index (Phi) is 5.70. The van der Waals surface area contributed by atoms with Gasteiger partial charge in [0, 0.05) is 37.4 Å². The first kappa shape index (κ1) is 23.9. The predicted octanol–water partition coefficient (Wildman–Crippen LogP) is 3.59. The Morgan fingerprint density at radius 1 is 1.19 bits per heavy atom. The summed E-state index contributed by atoms with van der Waals surface area (Å²) in [5.41, 5.74) is 2.07. The van der Waals surface area contributed by atoms with Gasteiger partial charge in [-0.1, -0.05) is 5.57 Å². The number of Topliss-reactive ketones (excluding diaryl/α,β-unsaturated/α-hetero) is 1. The van der Waals surface area contributed by atoms with Crippen LogP contribution in [0, 0.1) is 11.2 Å². The summed E-state index contributed by atoms with van der Waals surface area (Å²) in [4.78, 5) is 18.4. The van der Waals surface area contributed by atoms with Crippen LogP contribution in [0.15, 0.2) is 64.9 Å². The Balaban J connectivity index is 1.43. The molecule has 1 aliphatic heterocycles. The lowest BCUT2D eigenvalue weighted by molar-refractivity contribution is 0.0775. The number of aryl methyl sites for hydroxylation is 1. The number of piperidine rings is 1. The standard InChI is InChI=1S/C25H23FN6O3S2/c1-2-30-15-21(14-28-30)37(34,35)31-9-7-18-11-22-17(13-29-32(22)20-5-3-19(26)4-6-20)12-25(18,16-31)23(33)24-27-8-10-36-24/h3-6,8,10-11,13-15H,2,7,9,12,16H2,1H3. The lowest BCUT2D eigenvalue weighted by atomic mass is 9.66. The zero-order valence-electron chi connectivity index (χ0n) is 19.9. The minimum absolute atomic E-state index is 0.00193. The number of benzene rings is 1. The van der Waals surface area contributed by atoms with Crippen molar-refractivity contribution in [3.05, 3.63) is 82.1 Å². The van der Waals surface area contributed by atoms with Crippen molar-refractivity contribution < 1.29 is 17.6 Å². The Morgan fingerprint density at radius 2 is 2.00 bits per heavy atom. The van der Waals surface area contributed by atoms with Crippen molar-refractivity contribution in [2.45, 2.75) is 31.2 Å². The van der Waals surface area contributed by atoms with Crippen LogP contribution in [-0.2, 0) is 23.0 Å². The van der Waals surface area contributed by atoms with Crippen molar-refractivity contribution in [3.8, 4) is 5.69 Å². The fourth-order valence-electron chi connectivity index (χ4n) is 5.15. The molecule has 37 heavy (non-hydrogen) atoms. The second-order valence-electron chi connectivity index (χ2n) is 9.16. The topological polar surface area (TPSA) is 103 Å². The molecule has 1 fully saturated rings. The molecule has 4 heterocycles. The molecule has 1 unspecified atom stereocenters. The van der Waals surface area contributed by atoms with Crippen molar-refractivity contribution >= 4 is 33.2 Å². The molecule has 0 saturated carbocycles. The van der Waals surface area contributed by atoms with Crippen LogP contribution in [0.1, 0.15) is 34.4 Å². The van der Waals surface area contributed by atoms with Gasteiger partial charge in [-0.25, -0.2) is 22.5 Å². The van der Waals surface area contributed by atoms with Gasteiger partial charge >= 0.3 is 0 Å². The predicted molar refractivity (Wildman–Crippen MR) is 135 cm³/mol. The Morgan fingerprint density at radius 3 is 2.70 bits per heavy atom. The number of aromatic nitrogens is 5. The van der Waals surface area contributed by atoms with Crippen molar-refractivity contribution in [3.63, 3.8) is 0 Å². The molecule has 0 bridgehead atoms. The SMILES string of the molecule is CCn1cc(S(=O)(=O)N2CCC3=Cc4c(cnn4-c4ccc(F)cc4)CC3(C(=O)c3nccs3)C2)cn1. The molecule has 12 heteroatoms. The van der Waals surface area contributed by atoms with Crippen LogP contribution < -0.4 is 0 Å². The molecule has 9 nitrogen and oxygen atoms in total. The maximum atomic E-state index is 14.0. The molecule has 1 aliphatic carbocycles. The molecule has 0 N–H and O–H groups in total. The van der Waals surface area contributed by atoms with Gasteiger partial charge in [0.2, 0.25) is 15.8 Å². The first-order valence-electron chi connectivity index (χ1n) is 11.8. The summed E-state index contributed by atoms with van der Waals surface area (Å²) in [5, 5.41) is 10.7. The summed E-state index contributed by atoms with van der Waals surface area (Å²) < 4.78 is 45.3. The number of nitrogens with zero attached hydrogens (tertiary/aromatic N) is 6. The molecule has 0 spiro atoms. The number of hydrogen-bond acceptors (Lipinski definition) is 7. The molecule has 0 amide bonds. The number of ketones is 1. The Labute approximate surface area is 216 Å². The van der Waals surface area contributed by atoms with Crippen LogP contribution in [0.5, 0.6) is 0 Å². The normalized spacial score (nSPS) is 19.8. The van der Waals surface area contributed by atoms with Crippen LogP contribution in [0.2, 0.25) is 0 Å². The summed E-state index contributed by atoms with van der Waals surface area (Å²) in [6.07, 6.45) is 8.75. The molecule has 190 valence electrons. The average Bonchev–Trinajstić information content (AvgIpc) is 3.68. The van der Waals surface area contributed by atoms with E-state index < -0.39 is 15.4 Å². The summed E-state index contributed by atoms with van der Waals surface area (Å²) in [6, 6.07) is 6.05. The van der Waals surface area contributed by atoms with E-state index in [-0.39, 0.29) is 36.0 Å². The molecule has 6 rings (SSSR count). The van der Waals surface area contributed by atoms with Gasteiger partial charge < -0.3 is 0 Å². The van der Waals surface area contributed by atoms with Gasteiger partial charge in [0.05, 0.1) is 29.2 Å². The monoisotopic (exact) mass is 538 g/mol. The van der Waals surface area contributed by atoms with Crippen LogP contribution in [-0.4, -0.2) is 56.1 Å². The molecule has 0 radical (unpaired) electrons. The smallest absolute Gasteiger partial charge is 0.246 e. The van der Waals surface area contributed by atoms with Crippen molar-refractivity contribution in [1.29, 1.82) is 0 Å². The molecule has 4 aromatic rings. The molecular weight excluding hydrogens is 515 g/mol. The van der Waals surface area contributed by atoms with E-state index in [1.165, 1.54) is 40.2 Å². The number of sulfonamides is 1. The van der Waals surface area contributed by atoms with Gasteiger partial charge in [0.1, 0.15) is 10.7 Å². The van der Waals surface area contributed by atoms with Gasteiger partial charge in [0.15, 0.2) is 5.01 Å². The van der Waals surface area contributed by atoms with Gasteiger partial charge in [-0.15, -0.1) is 11.3 Å². The zero-order chi connectivity index (χ0) is 25.8. The highest BCUT2D eigenvalue weighted by Gasteiger charge is 2.51. The zero-order valence-corrected chi connectivity index (χ0v) is 21.5. The molecule has 2 aliphatic rings. The van der Waals surface area contributed by atoms with Crippen LogP contribution in [0.3, 0.4) is 0 Å². The molecular formula is C25H23FN6O3S2. The minimum Gasteiger partial charge on any atom is -0.290 e. The van der Waals surface area contributed by atoms with E-state index in [1.54, 1.807) is 39.3 Å². The molecule has 1 aromatic carbocycles. The fourth-order valence-corrected chi connectivity index (χ4v) is 7.28. The van der Waals surface area contributed by atoms with E-state index in [1.807, 2.05) is 13.0 Å². The molecule has 1 saturated heterocycles. The number of halogens is 1. The van der Waals surface area contributed by atoms with Crippen LogP contribution in [0.25, 0.3) is 11.8 Å². The number of fused-ring (bicyclic) bond motifs is 2. The number of hydrogen-bond donors (Lipinski definition) is 0. The van der Waals surface area contributed by atoms with Crippen LogP contribution >= 0.6 is 11.3 Å². The fraction of sp³-hybridized carbons (Fsp3) is 0.280. The lowest BCUT2D eigenvalue weighted by Gasteiger charge is -2.44.